The quantitative estimate of drug-likeness (QED) is 0.679. The summed E-state index contributed by atoms with van der Waals surface area (Å²) in [6.45, 7) is 3.46. The van der Waals surface area contributed by atoms with Crippen LogP contribution >= 0.6 is 0 Å². The van der Waals surface area contributed by atoms with E-state index in [0.717, 1.165) is 4.90 Å². The molecule has 3 amide bonds. The molecule has 1 aromatic rings. The molecule has 6 nitrogen and oxygen atoms in total. The molecule has 0 radical (unpaired) electrons. The van der Waals surface area contributed by atoms with Crippen molar-refractivity contribution in [3.05, 3.63) is 35.6 Å². The van der Waals surface area contributed by atoms with Crippen LogP contribution in [-0.2, 0) is 19.9 Å². The number of rotatable bonds is 3. The molecular weight excluding hydrogens is 303 g/mol. The summed E-state index contributed by atoms with van der Waals surface area (Å²) >= 11 is 0. The highest BCUT2D eigenvalue weighted by molar-refractivity contribution is 6.10. The normalized spacial score (nSPS) is 30.6. The van der Waals surface area contributed by atoms with E-state index < -0.39 is 35.3 Å². The van der Waals surface area contributed by atoms with E-state index in [1.54, 1.807) is 13.8 Å². The van der Waals surface area contributed by atoms with E-state index in [9.17, 15) is 18.8 Å². The van der Waals surface area contributed by atoms with Gasteiger partial charge in [0.15, 0.2) is 0 Å². The number of esters is 1. The molecular formula is C16H17FN2O4. The highest BCUT2D eigenvalue weighted by Crippen LogP contribution is 2.35. The smallest absolute Gasteiger partial charge is 0.329 e. The van der Waals surface area contributed by atoms with Crippen LogP contribution in [0.1, 0.15) is 32.3 Å². The van der Waals surface area contributed by atoms with Crippen LogP contribution in [0.15, 0.2) is 24.3 Å². The minimum atomic E-state index is -1.28. The van der Waals surface area contributed by atoms with Gasteiger partial charge in [0.1, 0.15) is 23.5 Å². The average Bonchev–Trinajstić information content (AvgIpc) is 2.96. The predicted octanol–water partition coefficient (Wildman–Crippen LogP) is 1.69. The second-order valence-electron chi connectivity index (χ2n) is 5.87. The maximum Gasteiger partial charge on any atom is 0.329 e. The fourth-order valence-electron chi connectivity index (χ4n) is 3.20. The maximum atomic E-state index is 13.1. The van der Waals surface area contributed by atoms with Gasteiger partial charge in [0.2, 0.25) is 0 Å². The number of cyclic esters (lactones) is 1. The molecule has 2 saturated heterocycles. The number of halogens is 1. The highest BCUT2D eigenvalue weighted by Gasteiger charge is 2.56. The number of hydrogen-bond acceptors (Lipinski definition) is 4. The van der Waals surface area contributed by atoms with Gasteiger partial charge in [-0.15, -0.1) is 0 Å². The topological polar surface area (TPSA) is 75.7 Å². The average molecular weight is 320 g/mol. The molecule has 122 valence electrons. The van der Waals surface area contributed by atoms with Crippen molar-refractivity contribution in [2.75, 3.05) is 0 Å². The Kier molecular flexibility index (Phi) is 3.58. The van der Waals surface area contributed by atoms with Gasteiger partial charge in [-0.25, -0.2) is 18.9 Å². The van der Waals surface area contributed by atoms with E-state index in [1.807, 2.05) is 0 Å². The number of carbonyl (C=O) groups excluding carboxylic acids is 3. The molecule has 0 aliphatic carbocycles. The molecule has 2 heterocycles. The fraction of sp³-hybridized carbons (Fsp3) is 0.438. The van der Waals surface area contributed by atoms with E-state index in [0.29, 0.717) is 5.56 Å². The monoisotopic (exact) mass is 320 g/mol. The zero-order valence-electron chi connectivity index (χ0n) is 12.8. The molecule has 2 fully saturated rings. The Balaban J connectivity index is 1.98. The first-order valence-corrected chi connectivity index (χ1v) is 7.51. The maximum absolute atomic E-state index is 13.1. The van der Waals surface area contributed by atoms with Crippen molar-refractivity contribution in [1.82, 2.24) is 10.2 Å². The van der Waals surface area contributed by atoms with Crippen LogP contribution in [0, 0.1) is 5.82 Å². The highest BCUT2D eigenvalue weighted by atomic mass is 19.1. The third kappa shape index (κ3) is 2.27. The van der Waals surface area contributed by atoms with E-state index >= 15 is 0 Å². The SMILES string of the molecule is CC[C@]1(c2ccc(F)cc2)NC(=O)N([C@@H]2C[C@H](C)OC2=O)C1=O. The van der Waals surface area contributed by atoms with Gasteiger partial charge in [0.05, 0.1) is 0 Å². The summed E-state index contributed by atoms with van der Waals surface area (Å²) in [4.78, 5) is 38.1. The molecule has 0 bridgehead atoms. The number of ether oxygens (including phenoxy) is 1. The number of nitrogens with zero attached hydrogens (tertiary/aromatic N) is 1. The predicted molar refractivity (Wildman–Crippen MR) is 77.7 cm³/mol. The van der Waals surface area contributed by atoms with E-state index in [-0.39, 0.29) is 18.9 Å². The Labute approximate surface area is 132 Å². The van der Waals surface area contributed by atoms with Crippen LogP contribution in [0.25, 0.3) is 0 Å². The van der Waals surface area contributed by atoms with Gasteiger partial charge in [-0.05, 0) is 31.0 Å². The molecule has 0 unspecified atom stereocenters. The van der Waals surface area contributed by atoms with Crippen molar-refractivity contribution in [1.29, 1.82) is 0 Å². The lowest BCUT2D eigenvalue weighted by atomic mass is 9.87. The van der Waals surface area contributed by atoms with Crippen molar-refractivity contribution in [2.24, 2.45) is 0 Å². The fourth-order valence-corrected chi connectivity index (χ4v) is 3.20. The lowest BCUT2D eigenvalue weighted by molar-refractivity contribution is -0.148. The summed E-state index contributed by atoms with van der Waals surface area (Å²) in [7, 11) is 0. The Bertz CT molecular complexity index is 675. The van der Waals surface area contributed by atoms with Crippen molar-refractivity contribution in [3.63, 3.8) is 0 Å². The van der Waals surface area contributed by atoms with Crippen LogP contribution in [0.5, 0.6) is 0 Å². The Morgan fingerprint density at radius 2 is 1.96 bits per heavy atom. The number of urea groups is 1. The molecule has 3 rings (SSSR count). The zero-order valence-corrected chi connectivity index (χ0v) is 12.8. The molecule has 1 N–H and O–H groups in total. The van der Waals surface area contributed by atoms with Crippen molar-refractivity contribution < 1.29 is 23.5 Å². The first kappa shape index (κ1) is 15.5. The van der Waals surface area contributed by atoms with Crippen LogP contribution in [-0.4, -0.2) is 35.0 Å². The third-order valence-corrected chi connectivity index (χ3v) is 4.45. The number of nitrogens with one attached hydrogen (secondary N) is 1. The number of imide groups is 1. The molecule has 7 heteroatoms. The molecule has 2 aliphatic rings. The summed E-state index contributed by atoms with van der Waals surface area (Å²) in [5.41, 5.74) is -0.793. The Hall–Kier alpha value is -2.44. The summed E-state index contributed by atoms with van der Waals surface area (Å²) in [6, 6.07) is 3.87. The van der Waals surface area contributed by atoms with Gasteiger partial charge in [-0.2, -0.15) is 0 Å². The largest absolute Gasteiger partial charge is 0.461 e. The van der Waals surface area contributed by atoms with E-state index in [4.69, 9.17) is 4.74 Å². The Morgan fingerprint density at radius 1 is 1.30 bits per heavy atom. The van der Waals surface area contributed by atoms with Gasteiger partial charge in [-0.3, -0.25) is 4.79 Å². The summed E-state index contributed by atoms with van der Waals surface area (Å²) in [6.07, 6.45) is 0.230. The van der Waals surface area contributed by atoms with Gasteiger partial charge in [0, 0.05) is 6.42 Å². The van der Waals surface area contributed by atoms with Crippen molar-refractivity contribution in [2.45, 2.75) is 44.4 Å². The first-order chi connectivity index (χ1) is 10.9. The van der Waals surface area contributed by atoms with Gasteiger partial charge >= 0.3 is 12.0 Å². The molecule has 2 aliphatic heterocycles. The second-order valence-corrected chi connectivity index (χ2v) is 5.87. The summed E-state index contributed by atoms with van der Waals surface area (Å²) in [5.74, 6) is -1.51. The van der Waals surface area contributed by atoms with Crippen LogP contribution in [0.4, 0.5) is 9.18 Å². The second kappa shape index (κ2) is 5.33. The van der Waals surface area contributed by atoms with Crippen molar-refractivity contribution >= 4 is 17.9 Å². The molecule has 0 spiro atoms. The third-order valence-electron chi connectivity index (χ3n) is 4.45. The minimum absolute atomic E-state index is 0.279. The van der Waals surface area contributed by atoms with Crippen LogP contribution in [0.3, 0.4) is 0 Å². The van der Waals surface area contributed by atoms with Crippen LogP contribution < -0.4 is 5.32 Å². The van der Waals surface area contributed by atoms with Gasteiger partial charge in [-0.1, -0.05) is 19.1 Å². The molecule has 0 saturated carbocycles. The molecule has 0 aromatic heterocycles. The number of hydrogen-bond donors (Lipinski definition) is 1. The molecule has 3 atom stereocenters. The first-order valence-electron chi connectivity index (χ1n) is 7.51. The molecule has 23 heavy (non-hydrogen) atoms. The van der Waals surface area contributed by atoms with Gasteiger partial charge < -0.3 is 10.1 Å². The standard InChI is InChI=1S/C16H17FN2O4/c1-3-16(10-4-6-11(17)7-5-10)14(21)19(15(22)18-16)12-8-9(2)23-13(12)20/h4-7,9,12H,3,8H2,1-2H3,(H,18,22)/t9-,12+,16+/m0/s1. The number of amides is 3. The Morgan fingerprint density at radius 3 is 2.48 bits per heavy atom. The lowest BCUT2D eigenvalue weighted by Crippen LogP contribution is -2.46. The van der Waals surface area contributed by atoms with Crippen molar-refractivity contribution in [3.8, 4) is 0 Å². The number of benzene rings is 1. The zero-order chi connectivity index (χ0) is 16.8. The van der Waals surface area contributed by atoms with E-state index in [2.05, 4.69) is 5.32 Å². The lowest BCUT2D eigenvalue weighted by Gasteiger charge is -2.26. The van der Waals surface area contributed by atoms with E-state index in [1.165, 1.54) is 24.3 Å². The summed E-state index contributed by atoms with van der Waals surface area (Å²) < 4.78 is 18.2. The number of carbonyl (C=O) groups is 3. The molecule has 1 aromatic carbocycles. The van der Waals surface area contributed by atoms with Crippen LogP contribution in [0.2, 0.25) is 0 Å². The summed E-state index contributed by atoms with van der Waals surface area (Å²) in [5, 5.41) is 2.67. The van der Waals surface area contributed by atoms with Gasteiger partial charge in [0.25, 0.3) is 5.91 Å². The minimum Gasteiger partial charge on any atom is -0.461 e.